The molecule has 2 atom stereocenters. The Morgan fingerprint density at radius 2 is 2.13 bits per heavy atom. The maximum absolute atomic E-state index is 9.74. The summed E-state index contributed by atoms with van der Waals surface area (Å²) in [5, 5.41) is 14.0. The van der Waals surface area contributed by atoms with Crippen LogP contribution in [-0.4, -0.2) is 39.5 Å². The van der Waals surface area contributed by atoms with Gasteiger partial charge in [0.15, 0.2) is 0 Å². The number of aromatic nitrogens is 2. The van der Waals surface area contributed by atoms with Crippen molar-refractivity contribution in [1.29, 1.82) is 0 Å². The molecule has 2 aliphatic heterocycles. The van der Waals surface area contributed by atoms with Gasteiger partial charge in [0.1, 0.15) is 0 Å². The molecule has 0 spiro atoms. The monoisotopic (exact) mass is 313 g/mol. The van der Waals surface area contributed by atoms with E-state index < -0.39 is 0 Å². The number of fused-ring (bicyclic) bond motifs is 1. The zero-order valence-electron chi connectivity index (χ0n) is 13.5. The fraction of sp³-hybridized carbons (Fsp3) is 0.500. The molecule has 0 radical (unpaired) electrons. The Labute approximate surface area is 136 Å². The van der Waals surface area contributed by atoms with Crippen LogP contribution in [0.2, 0.25) is 0 Å². The largest absolute Gasteiger partial charge is 0.396 e. The van der Waals surface area contributed by atoms with E-state index in [1.165, 1.54) is 22.3 Å². The van der Waals surface area contributed by atoms with E-state index in [-0.39, 0.29) is 12.5 Å². The normalized spacial score (nSPS) is 24.3. The van der Waals surface area contributed by atoms with Gasteiger partial charge in [-0.3, -0.25) is 9.58 Å². The van der Waals surface area contributed by atoms with Crippen LogP contribution >= 0.6 is 0 Å². The molecule has 2 aliphatic rings. The first-order valence-corrected chi connectivity index (χ1v) is 8.23. The number of hydrogen-bond donors (Lipinski definition) is 1. The van der Waals surface area contributed by atoms with Gasteiger partial charge in [0.25, 0.3) is 0 Å². The topological polar surface area (TPSA) is 50.5 Å². The second kappa shape index (κ2) is 6.07. The van der Waals surface area contributed by atoms with Gasteiger partial charge in [0, 0.05) is 51.3 Å². The average molecular weight is 313 g/mol. The summed E-state index contributed by atoms with van der Waals surface area (Å²) in [4.78, 5) is 2.44. The lowest BCUT2D eigenvalue weighted by atomic mass is 9.92. The summed E-state index contributed by atoms with van der Waals surface area (Å²) < 4.78 is 7.34. The number of hydrogen-bond acceptors (Lipinski definition) is 4. The lowest BCUT2D eigenvalue weighted by Gasteiger charge is -2.16. The Morgan fingerprint density at radius 1 is 1.26 bits per heavy atom. The van der Waals surface area contributed by atoms with E-state index in [0.29, 0.717) is 5.92 Å². The molecule has 3 heterocycles. The van der Waals surface area contributed by atoms with Crippen LogP contribution in [0.25, 0.3) is 0 Å². The van der Waals surface area contributed by atoms with Crippen molar-refractivity contribution in [2.24, 2.45) is 13.0 Å². The molecule has 23 heavy (non-hydrogen) atoms. The van der Waals surface area contributed by atoms with Crippen molar-refractivity contribution in [2.75, 3.05) is 19.7 Å². The molecule has 0 saturated carbocycles. The summed E-state index contributed by atoms with van der Waals surface area (Å²) >= 11 is 0. The molecule has 1 aromatic heterocycles. The fourth-order valence-electron chi connectivity index (χ4n) is 3.87. The second-order valence-corrected chi connectivity index (χ2v) is 6.79. The van der Waals surface area contributed by atoms with E-state index >= 15 is 0 Å². The van der Waals surface area contributed by atoms with Crippen LogP contribution in [0.1, 0.15) is 28.2 Å². The van der Waals surface area contributed by atoms with Crippen LogP contribution in [0, 0.1) is 5.92 Å². The summed E-state index contributed by atoms with van der Waals surface area (Å²) in [5.74, 6) is 0.656. The van der Waals surface area contributed by atoms with Crippen LogP contribution in [0.15, 0.2) is 30.6 Å². The molecule has 4 rings (SSSR count). The standard InChI is InChI=1S/C18H23N3O2/c1-20-7-16(5-19-20)18-9-21(8-17(18)10-22)6-13-2-3-14-11-23-12-15(14)4-13/h2-5,7,17-18,22H,6,8-12H2,1H3/t17-,18-/m0/s1. The number of likely N-dealkylation sites (tertiary alicyclic amines) is 1. The quantitative estimate of drug-likeness (QED) is 0.933. The first-order valence-electron chi connectivity index (χ1n) is 8.23. The number of aliphatic hydroxyl groups excluding tert-OH is 1. The van der Waals surface area contributed by atoms with Crippen molar-refractivity contribution in [1.82, 2.24) is 14.7 Å². The third-order valence-electron chi connectivity index (χ3n) is 5.10. The molecular weight excluding hydrogens is 290 g/mol. The molecule has 0 unspecified atom stereocenters. The molecule has 1 saturated heterocycles. The molecular formula is C18H23N3O2. The number of aryl methyl sites for hydroxylation is 1. The summed E-state index contributed by atoms with van der Waals surface area (Å²) in [6.45, 7) is 4.55. The van der Waals surface area contributed by atoms with Crippen LogP contribution in [0.4, 0.5) is 0 Å². The van der Waals surface area contributed by atoms with Gasteiger partial charge in [-0.15, -0.1) is 0 Å². The van der Waals surface area contributed by atoms with Crippen molar-refractivity contribution < 1.29 is 9.84 Å². The summed E-state index contributed by atoms with van der Waals surface area (Å²) in [6.07, 6.45) is 4.01. The Morgan fingerprint density at radius 3 is 2.91 bits per heavy atom. The van der Waals surface area contributed by atoms with Gasteiger partial charge in [-0.1, -0.05) is 18.2 Å². The van der Waals surface area contributed by atoms with Crippen LogP contribution in [0.3, 0.4) is 0 Å². The SMILES string of the molecule is Cn1cc([C@@H]2CN(Cc3ccc4c(c3)COC4)C[C@H]2CO)cn1. The smallest absolute Gasteiger partial charge is 0.0725 e. The molecule has 2 aromatic rings. The van der Waals surface area contributed by atoms with Crippen molar-refractivity contribution in [3.63, 3.8) is 0 Å². The van der Waals surface area contributed by atoms with Crippen molar-refractivity contribution in [3.8, 4) is 0 Å². The van der Waals surface area contributed by atoms with E-state index in [1.807, 2.05) is 17.9 Å². The minimum absolute atomic E-state index is 0.230. The highest BCUT2D eigenvalue weighted by Gasteiger charge is 2.34. The van der Waals surface area contributed by atoms with Gasteiger partial charge in [0.2, 0.25) is 0 Å². The average Bonchev–Trinajstić information content (AvgIpc) is 3.25. The first kappa shape index (κ1) is 14.9. The predicted molar refractivity (Wildman–Crippen MR) is 86.7 cm³/mol. The van der Waals surface area contributed by atoms with Crippen molar-refractivity contribution >= 4 is 0 Å². The molecule has 1 fully saturated rings. The Balaban J connectivity index is 1.48. The molecule has 5 nitrogen and oxygen atoms in total. The van der Waals surface area contributed by atoms with Gasteiger partial charge in [-0.05, 0) is 22.3 Å². The maximum Gasteiger partial charge on any atom is 0.0725 e. The van der Waals surface area contributed by atoms with Crippen LogP contribution in [0.5, 0.6) is 0 Å². The van der Waals surface area contributed by atoms with Gasteiger partial charge >= 0.3 is 0 Å². The van der Waals surface area contributed by atoms with Gasteiger partial charge < -0.3 is 9.84 Å². The third kappa shape index (κ3) is 2.92. The third-order valence-corrected chi connectivity index (χ3v) is 5.10. The highest BCUT2D eigenvalue weighted by atomic mass is 16.5. The van der Waals surface area contributed by atoms with E-state index in [4.69, 9.17) is 4.74 Å². The van der Waals surface area contributed by atoms with Gasteiger partial charge in [0.05, 0.1) is 19.4 Å². The Bertz CT molecular complexity index is 697. The van der Waals surface area contributed by atoms with Crippen molar-refractivity contribution in [2.45, 2.75) is 25.7 Å². The molecule has 0 aliphatic carbocycles. The van der Waals surface area contributed by atoms with Gasteiger partial charge in [-0.25, -0.2) is 0 Å². The zero-order valence-corrected chi connectivity index (χ0v) is 13.5. The molecule has 122 valence electrons. The van der Waals surface area contributed by atoms with E-state index in [9.17, 15) is 5.11 Å². The molecule has 0 amide bonds. The maximum atomic E-state index is 9.74. The summed E-state index contributed by atoms with van der Waals surface area (Å²) in [6, 6.07) is 6.67. The minimum Gasteiger partial charge on any atom is -0.396 e. The van der Waals surface area contributed by atoms with Gasteiger partial charge in [-0.2, -0.15) is 5.10 Å². The minimum atomic E-state index is 0.230. The molecule has 0 bridgehead atoms. The zero-order chi connectivity index (χ0) is 15.8. The second-order valence-electron chi connectivity index (χ2n) is 6.79. The molecule has 1 aromatic carbocycles. The highest BCUT2D eigenvalue weighted by molar-refractivity contribution is 5.33. The van der Waals surface area contributed by atoms with Crippen molar-refractivity contribution in [3.05, 3.63) is 52.8 Å². The Kier molecular flexibility index (Phi) is 3.93. The summed E-state index contributed by atoms with van der Waals surface area (Å²) in [7, 11) is 1.94. The first-order chi connectivity index (χ1) is 11.2. The van der Waals surface area contributed by atoms with E-state index in [2.05, 4.69) is 34.4 Å². The number of ether oxygens (including phenoxy) is 1. The number of aliphatic hydroxyl groups is 1. The lowest BCUT2D eigenvalue weighted by Crippen LogP contribution is -2.21. The lowest BCUT2D eigenvalue weighted by molar-refractivity contribution is 0.134. The van der Waals surface area contributed by atoms with Crippen LogP contribution in [-0.2, 0) is 31.5 Å². The molecule has 5 heteroatoms. The molecule has 1 N–H and O–H groups in total. The predicted octanol–water partition coefficient (Wildman–Crippen LogP) is 1.66. The fourth-order valence-corrected chi connectivity index (χ4v) is 3.87. The number of nitrogens with zero attached hydrogens (tertiary/aromatic N) is 3. The number of rotatable bonds is 4. The number of benzene rings is 1. The van der Waals surface area contributed by atoms with E-state index in [1.54, 1.807) is 0 Å². The van der Waals surface area contributed by atoms with Crippen LogP contribution < -0.4 is 0 Å². The van der Waals surface area contributed by atoms with E-state index in [0.717, 1.165) is 32.8 Å². The Hall–Kier alpha value is -1.69. The highest BCUT2D eigenvalue weighted by Crippen LogP contribution is 2.33. The summed E-state index contributed by atoms with van der Waals surface area (Å²) in [5.41, 5.74) is 5.20.